The second kappa shape index (κ2) is 2.14. The van der Waals surface area contributed by atoms with Gasteiger partial charge in [0.05, 0.1) is 11.7 Å². The predicted molar refractivity (Wildman–Crippen MR) is 51.5 cm³/mol. The van der Waals surface area contributed by atoms with Gasteiger partial charge >= 0.3 is 7.69 Å². The summed E-state index contributed by atoms with van der Waals surface area (Å²) in [6, 6.07) is 0. The largest absolute Gasteiger partial charge is 0.438 e. The lowest BCUT2D eigenvalue weighted by Crippen LogP contribution is -2.65. The van der Waals surface area contributed by atoms with E-state index in [1.165, 1.54) is 12.8 Å². The first kappa shape index (κ1) is 8.31. The summed E-state index contributed by atoms with van der Waals surface area (Å²) in [4.78, 5) is 0. The molecule has 0 aromatic heterocycles. The summed E-state index contributed by atoms with van der Waals surface area (Å²) in [6.07, 6.45) is 2.94. The molecule has 0 amide bonds. The molecule has 1 saturated heterocycles. The summed E-state index contributed by atoms with van der Waals surface area (Å²) in [7, 11) is 0.514. The van der Waals surface area contributed by atoms with Crippen LogP contribution in [0.2, 0.25) is 0 Å². The van der Waals surface area contributed by atoms with Gasteiger partial charge in [0.2, 0.25) is 0 Å². The highest BCUT2D eigenvalue weighted by Crippen LogP contribution is 2.65. The summed E-state index contributed by atoms with van der Waals surface area (Å²) >= 11 is 0. The lowest BCUT2D eigenvalue weighted by Gasteiger charge is -2.64. The standard InChI is InChI=1S/C10H17BO2/c1-9(2)6-4-7(9)10(3)8(5-6)12-11-13-10/h6-8,11H,4-5H2,1-3H3/t6-,7-,8?,10-/m1/s1. The molecule has 72 valence electrons. The monoisotopic (exact) mass is 180 g/mol. The summed E-state index contributed by atoms with van der Waals surface area (Å²) in [5, 5.41) is 0. The molecule has 0 N–H and O–H groups in total. The van der Waals surface area contributed by atoms with Crippen molar-refractivity contribution in [2.45, 2.75) is 45.3 Å². The fraction of sp³-hybridized carbons (Fsp3) is 1.00. The molecule has 2 nitrogen and oxygen atoms in total. The van der Waals surface area contributed by atoms with E-state index in [9.17, 15) is 0 Å². The maximum absolute atomic E-state index is 5.81. The third kappa shape index (κ3) is 0.786. The van der Waals surface area contributed by atoms with Crippen LogP contribution in [-0.2, 0) is 9.31 Å². The second-order valence-corrected chi connectivity index (χ2v) is 5.64. The Hall–Kier alpha value is -0.0151. The highest BCUT2D eigenvalue weighted by molar-refractivity contribution is 6.19. The number of hydrogen-bond donors (Lipinski definition) is 0. The van der Waals surface area contributed by atoms with Gasteiger partial charge in [-0.05, 0) is 37.0 Å². The van der Waals surface area contributed by atoms with E-state index in [0.29, 0.717) is 25.1 Å². The number of rotatable bonds is 0. The molecule has 3 saturated carbocycles. The molecule has 2 bridgehead atoms. The molecule has 0 aromatic rings. The second-order valence-electron chi connectivity index (χ2n) is 5.64. The van der Waals surface area contributed by atoms with Crippen LogP contribution in [0, 0.1) is 17.3 Å². The molecule has 4 rings (SSSR count). The first-order valence-electron chi connectivity index (χ1n) is 5.30. The van der Waals surface area contributed by atoms with Crippen molar-refractivity contribution in [3.63, 3.8) is 0 Å². The van der Waals surface area contributed by atoms with E-state index in [0.717, 1.165) is 5.92 Å². The molecule has 0 spiro atoms. The van der Waals surface area contributed by atoms with Crippen molar-refractivity contribution in [1.82, 2.24) is 0 Å². The van der Waals surface area contributed by atoms with Gasteiger partial charge in [0.25, 0.3) is 0 Å². The molecule has 1 unspecified atom stereocenters. The number of hydrogen-bond acceptors (Lipinski definition) is 2. The molecular weight excluding hydrogens is 163 g/mol. The van der Waals surface area contributed by atoms with Crippen LogP contribution in [0.4, 0.5) is 0 Å². The van der Waals surface area contributed by atoms with Gasteiger partial charge in [-0.3, -0.25) is 0 Å². The first-order chi connectivity index (χ1) is 6.05. The van der Waals surface area contributed by atoms with E-state index in [-0.39, 0.29) is 5.60 Å². The Labute approximate surface area is 80.3 Å². The summed E-state index contributed by atoms with van der Waals surface area (Å²) in [5.74, 6) is 1.59. The molecule has 0 radical (unpaired) electrons. The van der Waals surface area contributed by atoms with Crippen molar-refractivity contribution in [3.8, 4) is 0 Å². The minimum Gasteiger partial charge on any atom is -0.408 e. The minimum atomic E-state index is 0.0260. The minimum absolute atomic E-state index is 0.0260. The van der Waals surface area contributed by atoms with Gasteiger partial charge in [-0.25, -0.2) is 0 Å². The quantitative estimate of drug-likeness (QED) is 0.526. The molecule has 1 heterocycles. The Kier molecular flexibility index (Phi) is 1.37. The van der Waals surface area contributed by atoms with E-state index in [4.69, 9.17) is 9.31 Å². The maximum atomic E-state index is 5.81. The molecule has 13 heavy (non-hydrogen) atoms. The van der Waals surface area contributed by atoms with Gasteiger partial charge in [0, 0.05) is 0 Å². The maximum Gasteiger partial charge on any atom is 0.438 e. The molecule has 4 fully saturated rings. The third-order valence-corrected chi connectivity index (χ3v) is 4.94. The van der Waals surface area contributed by atoms with Crippen LogP contribution in [0.5, 0.6) is 0 Å². The smallest absolute Gasteiger partial charge is 0.408 e. The van der Waals surface area contributed by atoms with Crippen LogP contribution in [0.25, 0.3) is 0 Å². The molecule has 4 atom stereocenters. The van der Waals surface area contributed by atoms with Crippen LogP contribution < -0.4 is 0 Å². The Balaban J connectivity index is 1.97. The Morgan fingerprint density at radius 2 is 2.00 bits per heavy atom. The van der Waals surface area contributed by atoms with E-state index in [1.54, 1.807) is 0 Å². The normalized spacial score (nSPS) is 56.4. The zero-order valence-corrected chi connectivity index (χ0v) is 8.67. The molecular formula is C10H17BO2. The summed E-state index contributed by atoms with van der Waals surface area (Å²) in [6.45, 7) is 7.01. The highest BCUT2D eigenvalue weighted by atomic mass is 16.6. The molecule has 3 aliphatic carbocycles. The lowest BCUT2D eigenvalue weighted by atomic mass is 9.43. The van der Waals surface area contributed by atoms with Crippen molar-refractivity contribution >= 4 is 7.69 Å². The van der Waals surface area contributed by atoms with E-state index in [2.05, 4.69) is 20.8 Å². The fourth-order valence-electron chi connectivity index (χ4n) is 3.78. The summed E-state index contributed by atoms with van der Waals surface area (Å²) in [5.41, 5.74) is 0.511. The molecule has 1 aliphatic heterocycles. The van der Waals surface area contributed by atoms with Crippen molar-refractivity contribution in [2.24, 2.45) is 17.3 Å². The van der Waals surface area contributed by atoms with Crippen LogP contribution in [-0.4, -0.2) is 19.4 Å². The van der Waals surface area contributed by atoms with Crippen LogP contribution >= 0.6 is 0 Å². The van der Waals surface area contributed by atoms with Crippen molar-refractivity contribution in [2.75, 3.05) is 0 Å². The Morgan fingerprint density at radius 1 is 1.23 bits per heavy atom. The molecule has 0 aromatic carbocycles. The predicted octanol–water partition coefficient (Wildman–Crippen LogP) is 1.49. The van der Waals surface area contributed by atoms with E-state index >= 15 is 0 Å². The van der Waals surface area contributed by atoms with Crippen LogP contribution in [0.3, 0.4) is 0 Å². The third-order valence-electron chi connectivity index (χ3n) is 4.94. The Morgan fingerprint density at radius 3 is 2.69 bits per heavy atom. The lowest BCUT2D eigenvalue weighted by molar-refractivity contribution is -0.199. The SMILES string of the molecule is CC1(C)[C@H]2CC3OBO[C@]3(C)[C@@H]1C2. The van der Waals surface area contributed by atoms with Crippen molar-refractivity contribution in [3.05, 3.63) is 0 Å². The zero-order valence-electron chi connectivity index (χ0n) is 8.67. The first-order valence-corrected chi connectivity index (χ1v) is 5.30. The van der Waals surface area contributed by atoms with Gasteiger partial charge in [-0.2, -0.15) is 0 Å². The average Bonchev–Trinajstić information content (AvgIpc) is 2.44. The van der Waals surface area contributed by atoms with Crippen LogP contribution in [0.15, 0.2) is 0 Å². The Bertz CT molecular complexity index is 253. The van der Waals surface area contributed by atoms with Gasteiger partial charge in [-0.15, -0.1) is 0 Å². The van der Waals surface area contributed by atoms with E-state index in [1.807, 2.05) is 0 Å². The van der Waals surface area contributed by atoms with E-state index < -0.39 is 0 Å². The van der Waals surface area contributed by atoms with Gasteiger partial charge in [0.15, 0.2) is 0 Å². The highest BCUT2D eigenvalue weighted by Gasteiger charge is 2.65. The molecule has 3 heteroatoms. The fourth-order valence-corrected chi connectivity index (χ4v) is 3.78. The van der Waals surface area contributed by atoms with Crippen LogP contribution in [0.1, 0.15) is 33.6 Å². The van der Waals surface area contributed by atoms with Crippen molar-refractivity contribution in [1.29, 1.82) is 0 Å². The zero-order chi connectivity index (χ0) is 9.27. The average molecular weight is 180 g/mol. The summed E-state index contributed by atoms with van der Waals surface area (Å²) < 4.78 is 11.4. The van der Waals surface area contributed by atoms with Gasteiger partial charge in [-0.1, -0.05) is 13.8 Å². The van der Waals surface area contributed by atoms with Gasteiger partial charge in [0.1, 0.15) is 0 Å². The topological polar surface area (TPSA) is 18.5 Å². The molecule has 4 aliphatic rings. The van der Waals surface area contributed by atoms with Gasteiger partial charge < -0.3 is 9.31 Å². The van der Waals surface area contributed by atoms with Crippen molar-refractivity contribution < 1.29 is 9.31 Å².